The van der Waals surface area contributed by atoms with Crippen molar-refractivity contribution < 1.29 is 23.4 Å². The minimum atomic E-state index is -0.336. The average Bonchev–Trinajstić information content (AvgIpc) is 3.34. The number of pyridine rings is 1. The highest BCUT2D eigenvalue weighted by molar-refractivity contribution is 8.00. The number of methoxy groups -OCH3 is 3. The number of aryl methyl sites for hydroxylation is 1. The summed E-state index contributed by atoms with van der Waals surface area (Å²) in [6.45, 7) is 1.76. The summed E-state index contributed by atoms with van der Waals surface area (Å²) in [6, 6.07) is 17.4. The van der Waals surface area contributed by atoms with Crippen LogP contribution in [0.15, 0.2) is 64.2 Å². The molecule has 0 radical (unpaired) electrons. The largest absolute Gasteiger partial charge is 0.493 e. The Hall–Kier alpha value is -4.49. The number of amides is 1. The molecule has 0 spiro atoms. The van der Waals surface area contributed by atoms with Gasteiger partial charge in [-0.2, -0.15) is 10.2 Å². The van der Waals surface area contributed by atoms with E-state index in [1.54, 1.807) is 19.1 Å². The Kier molecular flexibility index (Phi) is 7.95. The summed E-state index contributed by atoms with van der Waals surface area (Å²) in [5.74, 6) is 1.01. The summed E-state index contributed by atoms with van der Waals surface area (Å²) in [7, 11) is 4.59. The molecule has 4 rings (SSSR count). The van der Waals surface area contributed by atoms with Gasteiger partial charge >= 0.3 is 6.01 Å². The molecule has 0 bridgehead atoms. The third kappa shape index (κ3) is 5.68. The Labute approximate surface area is 218 Å². The predicted molar refractivity (Wildman–Crippen MR) is 140 cm³/mol. The molecule has 0 aliphatic heterocycles. The summed E-state index contributed by atoms with van der Waals surface area (Å²) in [6.07, 6.45) is 1.45. The fourth-order valence-electron chi connectivity index (χ4n) is 3.66. The third-order valence-corrected chi connectivity index (χ3v) is 6.32. The van der Waals surface area contributed by atoms with E-state index in [0.717, 1.165) is 17.3 Å². The number of anilines is 1. The lowest BCUT2D eigenvalue weighted by molar-refractivity contribution is -0.113. The molecule has 188 valence electrons. The van der Waals surface area contributed by atoms with Gasteiger partial charge in [0.15, 0.2) is 11.5 Å². The zero-order valence-electron chi connectivity index (χ0n) is 20.7. The Morgan fingerprint density at radius 1 is 1.03 bits per heavy atom. The summed E-state index contributed by atoms with van der Waals surface area (Å²) < 4.78 is 21.7. The molecule has 0 saturated heterocycles. The van der Waals surface area contributed by atoms with E-state index in [4.69, 9.17) is 23.6 Å². The molecule has 10 heteroatoms. The summed E-state index contributed by atoms with van der Waals surface area (Å²) in [5, 5.41) is 13.2. The van der Waals surface area contributed by atoms with E-state index in [2.05, 4.69) is 16.4 Å². The first kappa shape index (κ1) is 25.6. The Morgan fingerprint density at radius 2 is 1.73 bits per heavy atom. The van der Waals surface area contributed by atoms with E-state index in [9.17, 15) is 10.1 Å². The monoisotopic (exact) mass is 516 g/mol. The van der Waals surface area contributed by atoms with Crippen LogP contribution in [0.4, 0.5) is 6.01 Å². The molecule has 0 aliphatic rings. The molecule has 1 N–H and O–H groups in total. The molecule has 0 unspecified atom stereocenters. The van der Waals surface area contributed by atoms with Gasteiger partial charge in [0.05, 0.1) is 44.0 Å². The van der Waals surface area contributed by atoms with Crippen molar-refractivity contribution in [2.24, 2.45) is 0 Å². The number of rotatable bonds is 9. The van der Waals surface area contributed by atoms with Crippen LogP contribution in [0.2, 0.25) is 0 Å². The second-order valence-electron chi connectivity index (χ2n) is 7.76. The van der Waals surface area contributed by atoms with E-state index in [0.29, 0.717) is 50.4 Å². The normalized spacial score (nSPS) is 10.5. The van der Waals surface area contributed by atoms with Crippen molar-refractivity contribution in [3.8, 4) is 45.7 Å². The predicted octanol–water partition coefficient (Wildman–Crippen LogP) is 5.34. The lowest BCUT2D eigenvalue weighted by atomic mass is 9.98. The number of benzene rings is 2. The van der Waals surface area contributed by atoms with Gasteiger partial charge in [0.1, 0.15) is 17.4 Å². The van der Waals surface area contributed by atoms with Crippen LogP contribution in [0.1, 0.15) is 11.3 Å². The van der Waals surface area contributed by atoms with Gasteiger partial charge in [-0.05, 0) is 30.7 Å². The number of hydrogen-bond acceptors (Lipinski definition) is 9. The molecule has 9 nitrogen and oxygen atoms in total. The molecular weight excluding hydrogens is 492 g/mol. The molecule has 2 heterocycles. The van der Waals surface area contributed by atoms with Crippen molar-refractivity contribution in [1.29, 1.82) is 5.26 Å². The molecule has 0 atom stereocenters. The maximum absolute atomic E-state index is 12.6. The van der Waals surface area contributed by atoms with E-state index in [1.165, 1.54) is 27.6 Å². The fourth-order valence-corrected chi connectivity index (χ4v) is 4.46. The minimum Gasteiger partial charge on any atom is -0.493 e. The van der Waals surface area contributed by atoms with Crippen molar-refractivity contribution in [2.75, 3.05) is 32.4 Å². The molecular formula is C27H24N4O5S. The zero-order valence-corrected chi connectivity index (χ0v) is 21.5. The minimum absolute atomic E-state index is 0.00392. The summed E-state index contributed by atoms with van der Waals surface area (Å²) in [4.78, 5) is 21.4. The SMILES string of the molecule is COc1cc(-c2cc(-c3ccccc3)nc(SCC(=O)Nc3nc(C)co3)c2C#N)cc(OC)c1OC. The number of ether oxygens (including phenoxy) is 3. The van der Waals surface area contributed by atoms with Crippen molar-refractivity contribution in [3.63, 3.8) is 0 Å². The molecule has 0 saturated carbocycles. The van der Waals surface area contributed by atoms with Crippen LogP contribution >= 0.6 is 11.8 Å². The Bertz CT molecular complexity index is 1440. The number of nitrogens with zero attached hydrogens (tertiary/aromatic N) is 3. The molecule has 2 aromatic heterocycles. The summed E-state index contributed by atoms with van der Waals surface area (Å²) >= 11 is 1.15. The van der Waals surface area contributed by atoms with Crippen LogP contribution < -0.4 is 19.5 Å². The first-order valence-electron chi connectivity index (χ1n) is 11.1. The number of nitriles is 1. The highest BCUT2D eigenvalue weighted by atomic mass is 32.2. The van der Waals surface area contributed by atoms with Gasteiger partial charge in [0.25, 0.3) is 0 Å². The number of carbonyl (C=O) groups is 1. The fraction of sp³-hybridized carbons (Fsp3) is 0.185. The van der Waals surface area contributed by atoms with Gasteiger partial charge in [-0.1, -0.05) is 42.1 Å². The van der Waals surface area contributed by atoms with Crippen molar-refractivity contribution in [2.45, 2.75) is 11.9 Å². The van der Waals surface area contributed by atoms with Crippen molar-refractivity contribution in [1.82, 2.24) is 9.97 Å². The van der Waals surface area contributed by atoms with Crippen LogP contribution in [0.3, 0.4) is 0 Å². The second kappa shape index (κ2) is 11.5. The Balaban J connectivity index is 1.79. The van der Waals surface area contributed by atoms with Gasteiger partial charge in [-0.25, -0.2) is 4.98 Å². The number of thioether (sulfide) groups is 1. The molecule has 4 aromatic rings. The van der Waals surface area contributed by atoms with Gasteiger partial charge in [0.2, 0.25) is 11.7 Å². The highest BCUT2D eigenvalue weighted by Crippen LogP contribution is 2.43. The van der Waals surface area contributed by atoms with E-state index in [1.807, 2.05) is 36.4 Å². The lowest BCUT2D eigenvalue weighted by Gasteiger charge is -2.16. The van der Waals surface area contributed by atoms with Gasteiger partial charge < -0.3 is 18.6 Å². The standard InChI is InChI=1S/C27H24N4O5S/c1-16-14-36-27(29-16)31-24(32)15-37-26-20(13-28)19(12-21(30-26)17-8-6-5-7-9-17)18-10-22(33-2)25(35-4)23(11-18)34-3/h5-12,14H,15H2,1-4H3,(H,29,31,32). The van der Waals surface area contributed by atoms with Crippen LogP contribution in [-0.2, 0) is 4.79 Å². The maximum atomic E-state index is 12.6. The van der Waals surface area contributed by atoms with Crippen LogP contribution in [-0.4, -0.2) is 43.0 Å². The maximum Gasteiger partial charge on any atom is 0.301 e. The van der Waals surface area contributed by atoms with E-state index in [-0.39, 0.29) is 17.7 Å². The highest BCUT2D eigenvalue weighted by Gasteiger charge is 2.21. The van der Waals surface area contributed by atoms with Gasteiger partial charge in [-0.3, -0.25) is 10.1 Å². The number of nitrogens with one attached hydrogen (secondary N) is 1. The van der Waals surface area contributed by atoms with Crippen LogP contribution in [0.25, 0.3) is 22.4 Å². The van der Waals surface area contributed by atoms with E-state index < -0.39 is 0 Å². The topological polar surface area (TPSA) is 120 Å². The molecule has 37 heavy (non-hydrogen) atoms. The lowest BCUT2D eigenvalue weighted by Crippen LogP contribution is -2.14. The number of hydrogen-bond donors (Lipinski definition) is 1. The number of oxazole rings is 1. The van der Waals surface area contributed by atoms with Crippen molar-refractivity contribution >= 4 is 23.7 Å². The number of aromatic nitrogens is 2. The summed E-state index contributed by atoms with van der Waals surface area (Å²) in [5.41, 5.74) is 3.77. The quantitative estimate of drug-likeness (QED) is 0.294. The first-order chi connectivity index (χ1) is 18.0. The molecule has 0 fully saturated rings. The van der Waals surface area contributed by atoms with Gasteiger partial charge in [-0.15, -0.1) is 0 Å². The van der Waals surface area contributed by atoms with E-state index >= 15 is 0 Å². The smallest absolute Gasteiger partial charge is 0.301 e. The molecule has 0 aliphatic carbocycles. The van der Waals surface area contributed by atoms with Crippen LogP contribution in [0, 0.1) is 18.3 Å². The Morgan fingerprint density at radius 3 is 2.30 bits per heavy atom. The van der Waals surface area contributed by atoms with Crippen LogP contribution in [0.5, 0.6) is 17.2 Å². The second-order valence-corrected chi connectivity index (χ2v) is 8.72. The number of carbonyl (C=O) groups excluding carboxylic acids is 1. The third-order valence-electron chi connectivity index (χ3n) is 5.35. The molecule has 2 aromatic carbocycles. The zero-order chi connectivity index (χ0) is 26.4. The van der Waals surface area contributed by atoms with Crippen molar-refractivity contribution in [3.05, 3.63) is 66.1 Å². The molecule has 1 amide bonds. The first-order valence-corrected chi connectivity index (χ1v) is 12.1. The van der Waals surface area contributed by atoms with Gasteiger partial charge in [0, 0.05) is 11.1 Å². The average molecular weight is 517 g/mol.